The van der Waals surface area contributed by atoms with Crippen molar-refractivity contribution in [2.75, 3.05) is 19.9 Å². The molecule has 1 aromatic heterocycles. The first kappa shape index (κ1) is 20.3. The number of aromatic nitrogens is 1. The van der Waals surface area contributed by atoms with E-state index in [2.05, 4.69) is 35.8 Å². The molecule has 3 rings (SSSR count). The van der Waals surface area contributed by atoms with Crippen LogP contribution in [0, 0.1) is 0 Å². The molecule has 2 N–H and O–H groups in total. The summed E-state index contributed by atoms with van der Waals surface area (Å²) in [6.45, 7) is 3.85. The number of nitrogens with zero attached hydrogens (tertiary/aromatic N) is 1. The number of thioether (sulfide) groups is 1. The van der Waals surface area contributed by atoms with Crippen LogP contribution in [0.1, 0.15) is 28.5 Å². The SMILES string of the molecule is CCn1c(C(=O)O)c(CNCCc2ccc(SC)cc2)c2ccc(OC)cc21. The highest BCUT2D eigenvalue weighted by atomic mass is 32.2. The highest BCUT2D eigenvalue weighted by Crippen LogP contribution is 2.30. The summed E-state index contributed by atoms with van der Waals surface area (Å²) in [6, 6.07) is 14.3. The van der Waals surface area contributed by atoms with Gasteiger partial charge in [-0.15, -0.1) is 11.8 Å². The van der Waals surface area contributed by atoms with Gasteiger partial charge in [-0.25, -0.2) is 4.79 Å². The zero-order valence-corrected chi connectivity index (χ0v) is 17.3. The Bertz CT molecular complexity index is 964. The number of nitrogens with one attached hydrogen (secondary N) is 1. The maximum Gasteiger partial charge on any atom is 0.352 e. The van der Waals surface area contributed by atoms with Crippen molar-refractivity contribution in [3.8, 4) is 5.75 Å². The van der Waals surface area contributed by atoms with Crippen LogP contribution in [0.4, 0.5) is 0 Å². The van der Waals surface area contributed by atoms with Crippen LogP contribution in [-0.2, 0) is 19.5 Å². The second-order valence-corrected chi connectivity index (χ2v) is 7.41. The van der Waals surface area contributed by atoms with Gasteiger partial charge in [-0.2, -0.15) is 0 Å². The van der Waals surface area contributed by atoms with Gasteiger partial charge in [0.1, 0.15) is 11.4 Å². The van der Waals surface area contributed by atoms with Crippen molar-refractivity contribution in [3.05, 3.63) is 59.3 Å². The Morgan fingerprint density at radius 3 is 2.57 bits per heavy atom. The third-order valence-electron chi connectivity index (χ3n) is 4.95. The Hall–Kier alpha value is -2.44. The predicted octanol–water partition coefficient (Wildman–Crippen LogP) is 4.42. The number of aromatic carboxylic acids is 1. The minimum atomic E-state index is -0.901. The highest BCUT2D eigenvalue weighted by Gasteiger charge is 2.21. The number of ether oxygens (including phenoxy) is 1. The molecule has 0 radical (unpaired) electrons. The first-order valence-electron chi connectivity index (χ1n) is 9.35. The minimum absolute atomic E-state index is 0.350. The lowest BCUT2D eigenvalue weighted by atomic mass is 10.1. The van der Waals surface area contributed by atoms with Gasteiger partial charge in [0.05, 0.1) is 12.6 Å². The normalized spacial score (nSPS) is 11.1. The summed E-state index contributed by atoms with van der Waals surface area (Å²) >= 11 is 1.73. The lowest BCUT2D eigenvalue weighted by Crippen LogP contribution is -2.19. The van der Waals surface area contributed by atoms with Crippen LogP contribution in [0.5, 0.6) is 5.75 Å². The molecule has 0 saturated carbocycles. The average Bonchev–Trinajstić information content (AvgIpc) is 3.04. The van der Waals surface area contributed by atoms with Crippen molar-refractivity contribution in [3.63, 3.8) is 0 Å². The van der Waals surface area contributed by atoms with Gasteiger partial charge < -0.3 is 19.7 Å². The van der Waals surface area contributed by atoms with E-state index >= 15 is 0 Å². The van der Waals surface area contributed by atoms with Crippen molar-refractivity contribution in [1.82, 2.24) is 9.88 Å². The summed E-state index contributed by atoms with van der Waals surface area (Å²) in [6.07, 6.45) is 2.97. The number of carboxylic acids is 1. The molecule has 0 aliphatic rings. The molecule has 3 aromatic rings. The molecule has 1 heterocycles. The van der Waals surface area contributed by atoms with E-state index in [0.29, 0.717) is 18.8 Å². The van der Waals surface area contributed by atoms with Crippen LogP contribution in [-0.4, -0.2) is 35.6 Å². The van der Waals surface area contributed by atoms with E-state index in [1.165, 1.54) is 10.5 Å². The van der Waals surface area contributed by atoms with E-state index in [4.69, 9.17) is 4.74 Å². The fraction of sp³-hybridized carbons (Fsp3) is 0.318. The summed E-state index contributed by atoms with van der Waals surface area (Å²) in [5.41, 5.74) is 3.33. The molecule has 148 valence electrons. The number of carboxylic acid groups (broad SMARTS) is 1. The van der Waals surface area contributed by atoms with Crippen molar-refractivity contribution < 1.29 is 14.6 Å². The van der Waals surface area contributed by atoms with Gasteiger partial charge in [0, 0.05) is 35.0 Å². The molecule has 0 aliphatic carbocycles. The van der Waals surface area contributed by atoms with E-state index in [0.717, 1.165) is 35.2 Å². The molecule has 0 bridgehead atoms. The van der Waals surface area contributed by atoms with Gasteiger partial charge in [-0.05, 0) is 56.0 Å². The number of methoxy groups -OCH3 is 1. The quantitative estimate of drug-likeness (QED) is 0.413. The molecule has 0 unspecified atom stereocenters. The van der Waals surface area contributed by atoms with Crippen molar-refractivity contribution in [2.24, 2.45) is 0 Å². The van der Waals surface area contributed by atoms with E-state index in [1.54, 1.807) is 18.9 Å². The fourth-order valence-corrected chi connectivity index (χ4v) is 3.93. The van der Waals surface area contributed by atoms with Crippen LogP contribution in [0.25, 0.3) is 10.9 Å². The molecule has 28 heavy (non-hydrogen) atoms. The molecule has 0 atom stereocenters. The Morgan fingerprint density at radius 1 is 1.21 bits per heavy atom. The van der Waals surface area contributed by atoms with Crippen LogP contribution >= 0.6 is 11.8 Å². The van der Waals surface area contributed by atoms with E-state index in [9.17, 15) is 9.90 Å². The second kappa shape index (κ2) is 9.17. The molecule has 6 heteroatoms. The number of carbonyl (C=O) groups is 1. The maximum absolute atomic E-state index is 12.0. The average molecular weight is 399 g/mol. The van der Waals surface area contributed by atoms with Crippen molar-refractivity contribution in [1.29, 1.82) is 0 Å². The standard InChI is InChI=1S/C22H26N2O3S/c1-4-24-20-13-16(27-2)7-10-18(20)19(21(24)22(25)26)14-23-12-11-15-5-8-17(28-3)9-6-15/h5-10,13,23H,4,11-12,14H2,1-3H3,(H,25,26). The monoisotopic (exact) mass is 398 g/mol. The van der Waals surface area contributed by atoms with Crippen molar-refractivity contribution >= 4 is 28.6 Å². The van der Waals surface area contributed by atoms with Crippen LogP contribution < -0.4 is 10.1 Å². The lowest BCUT2D eigenvalue weighted by molar-refractivity contribution is 0.0684. The summed E-state index contributed by atoms with van der Waals surface area (Å²) in [4.78, 5) is 13.2. The second-order valence-electron chi connectivity index (χ2n) is 6.53. The molecule has 0 amide bonds. The Labute approximate surface area is 169 Å². The van der Waals surface area contributed by atoms with Crippen LogP contribution in [0.3, 0.4) is 0 Å². The first-order chi connectivity index (χ1) is 13.6. The predicted molar refractivity (Wildman–Crippen MR) is 115 cm³/mol. The first-order valence-corrected chi connectivity index (χ1v) is 10.6. The van der Waals surface area contributed by atoms with Crippen LogP contribution in [0.15, 0.2) is 47.4 Å². The smallest absolute Gasteiger partial charge is 0.352 e. The number of benzene rings is 2. The Kier molecular flexibility index (Phi) is 6.65. The van der Waals surface area contributed by atoms with Gasteiger partial charge in [0.2, 0.25) is 0 Å². The molecule has 5 nitrogen and oxygen atoms in total. The molecule has 2 aromatic carbocycles. The van der Waals surface area contributed by atoms with Gasteiger partial charge in [-0.3, -0.25) is 0 Å². The van der Waals surface area contributed by atoms with Gasteiger partial charge in [-0.1, -0.05) is 12.1 Å². The number of hydrogen-bond acceptors (Lipinski definition) is 4. The van der Waals surface area contributed by atoms with Crippen molar-refractivity contribution in [2.45, 2.75) is 31.3 Å². The topological polar surface area (TPSA) is 63.5 Å². The number of hydrogen-bond donors (Lipinski definition) is 2. The van der Waals surface area contributed by atoms with Gasteiger partial charge >= 0.3 is 5.97 Å². The Morgan fingerprint density at radius 2 is 1.96 bits per heavy atom. The van der Waals surface area contributed by atoms with Crippen LogP contribution in [0.2, 0.25) is 0 Å². The third kappa shape index (κ3) is 4.18. The molecule has 0 spiro atoms. The number of rotatable bonds is 9. The van der Waals surface area contributed by atoms with E-state index < -0.39 is 5.97 Å². The number of aryl methyl sites for hydroxylation is 1. The Balaban J connectivity index is 1.79. The molecule has 0 saturated heterocycles. The summed E-state index contributed by atoms with van der Waals surface area (Å²) in [7, 11) is 1.62. The maximum atomic E-state index is 12.0. The zero-order valence-electron chi connectivity index (χ0n) is 16.5. The minimum Gasteiger partial charge on any atom is -0.497 e. The highest BCUT2D eigenvalue weighted by molar-refractivity contribution is 7.98. The van der Waals surface area contributed by atoms with Gasteiger partial charge in [0.15, 0.2) is 0 Å². The largest absolute Gasteiger partial charge is 0.497 e. The van der Waals surface area contributed by atoms with E-state index in [1.807, 2.05) is 29.7 Å². The summed E-state index contributed by atoms with van der Waals surface area (Å²) in [5, 5.41) is 14.2. The summed E-state index contributed by atoms with van der Waals surface area (Å²) < 4.78 is 7.16. The van der Waals surface area contributed by atoms with E-state index in [-0.39, 0.29) is 0 Å². The molecular weight excluding hydrogens is 372 g/mol. The molecule has 0 fully saturated rings. The zero-order chi connectivity index (χ0) is 20.1. The molecular formula is C22H26N2O3S. The fourth-order valence-electron chi connectivity index (χ4n) is 3.52. The van der Waals surface area contributed by atoms with Gasteiger partial charge in [0.25, 0.3) is 0 Å². The molecule has 0 aliphatic heterocycles. The number of fused-ring (bicyclic) bond motifs is 1. The third-order valence-corrected chi connectivity index (χ3v) is 5.69. The lowest BCUT2D eigenvalue weighted by Gasteiger charge is -2.08. The summed E-state index contributed by atoms with van der Waals surface area (Å²) in [5.74, 6) is -0.175.